The minimum Gasteiger partial charge on any atom is -0.395 e. The molecule has 0 saturated carbocycles. The van der Waals surface area contributed by atoms with Crippen molar-refractivity contribution in [3.63, 3.8) is 0 Å². The molecule has 2 aromatic rings. The number of piperazine rings is 1. The largest absolute Gasteiger partial charge is 0.395 e. The molecule has 0 aromatic heterocycles. The zero-order chi connectivity index (χ0) is 29.5. The number of nitrogens with one attached hydrogen (secondary N) is 1. The van der Waals surface area contributed by atoms with E-state index in [-0.39, 0.29) is 43.8 Å². The quantitative estimate of drug-likeness (QED) is 0.367. The van der Waals surface area contributed by atoms with Crippen LogP contribution in [-0.4, -0.2) is 82.1 Å². The summed E-state index contributed by atoms with van der Waals surface area (Å²) in [5.41, 5.74) is 0.744. The van der Waals surface area contributed by atoms with Gasteiger partial charge in [-0.25, -0.2) is 0 Å². The molecule has 0 unspecified atom stereocenters. The van der Waals surface area contributed by atoms with Gasteiger partial charge in [0.1, 0.15) is 0 Å². The molecule has 0 radical (unpaired) electrons. The number of aliphatic hydroxyl groups excluding tert-OH is 1. The Kier molecular flexibility index (Phi) is 8.08. The number of halogens is 1. The molecule has 0 aliphatic carbocycles. The topological polar surface area (TPSA) is 102 Å². The van der Waals surface area contributed by atoms with Crippen molar-refractivity contribution in [1.29, 1.82) is 0 Å². The lowest BCUT2D eigenvalue weighted by molar-refractivity contribution is -0.149. The first kappa shape index (κ1) is 29.4. The Morgan fingerprint density at radius 2 is 1.95 bits per heavy atom. The zero-order valence-corrected chi connectivity index (χ0v) is 25.1. The fraction of sp³-hybridized carbons (Fsp3) is 0.500. The van der Waals surface area contributed by atoms with Crippen LogP contribution in [0.4, 0.5) is 15.5 Å². The number of carbonyl (C=O) groups excluding carboxylic acids is 3. The predicted molar refractivity (Wildman–Crippen MR) is 157 cm³/mol. The van der Waals surface area contributed by atoms with Crippen LogP contribution in [0.15, 0.2) is 48.5 Å². The van der Waals surface area contributed by atoms with Crippen molar-refractivity contribution in [1.82, 2.24) is 10.2 Å². The van der Waals surface area contributed by atoms with Crippen LogP contribution in [0.5, 0.6) is 0 Å². The van der Waals surface area contributed by atoms with E-state index in [4.69, 9.17) is 4.74 Å². The van der Waals surface area contributed by atoms with E-state index in [1.165, 1.54) is 4.90 Å². The number of benzene rings is 2. The summed E-state index contributed by atoms with van der Waals surface area (Å²) < 4.78 is 22.8. The maximum atomic E-state index is 16.1. The maximum absolute atomic E-state index is 16.1. The van der Waals surface area contributed by atoms with Crippen molar-refractivity contribution in [3.05, 3.63) is 59.7 Å². The molecule has 2 fully saturated rings. The number of carbonyl (C=O) groups is 3. The van der Waals surface area contributed by atoms with Gasteiger partial charge in [-0.05, 0) is 36.9 Å². The van der Waals surface area contributed by atoms with Gasteiger partial charge in [0.15, 0.2) is 5.60 Å². The molecule has 2 N–H and O–H groups in total. The third-order valence-electron chi connectivity index (χ3n) is 8.79. The number of ether oxygens (including phenoxy) is 1. The minimum absolute atomic E-state index is 0.0654. The molecule has 5 rings (SSSR count). The lowest BCUT2D eigenvalue weighted by Crippen LogP contribution is -2.48. The fourth-order valence-electron chi connectivity index (χ4n) is 6.91. The molecule has 3 heterocycles. The van der Waals surface area contributed by atoms with Gasteiger partial charge < -0.3 is 34.0 Å². The fourth-order valence-corrected chi connectivity index (χ4v) is 9.40. The van der Waals surface area contributed by atoms with Crippen molar-refractivity contribution in [3.8, 4) is 0 Å². The number of nitrogens with zero attached hydrogens (tertiary/aromatic N) is 3. The molecule has 3 aliphatic rings. The highest BCUT2D eigenvalue weighted by Crippen LogP contribution is 2.60. The van der Waals surface area contributed by atoms with E-state index >= 15 is 4.11 Å². The summed E-state index contributed by atoms with van der Waals surface area (Å²) in [7, 11) is -1.78. The molecule has 1 spiro atoms. The van der Waals surface area contributed by atoms with Crippen LogP contribution in [0, 0.1) is 5.92 Å². The molecule has 220 valence electrons. The van der Waals surface area contributed by atoms with Crippen LogP contribution >= 0.6 is 0 Å². The molecule has 2 aromatic carbocycles. The van der Waals surface area contributed by atoms with E-state index in [0.29, 0.717) is 36.6 Å². The highest BCUT2D eigenvalue weighted by molar-refractivity contribution is 6.72. The Morgan fingerprint density at radius 3 is 2.61 bits per heavy atom. The summed E-state index contributed by atoms with van der Waals surface area (Å²) >= 11 is 0. The van der Waals surface area contributed by atoms with E-state index in [2.05, 4.69) is 5.32 Å². The molecular weight excluding hydrogens is 543 g/mol. The number of hydrogen-bond acceptors (Lipinski definition) is 6. The third kappa shape index (κ3) is 5.20. The van der Waals surface area contributed by atoms with Crippen molar-refractivity contribution in [2.75, 3.05) is 49.6 Å². The number of rotatable bonds is 8. The lowest BCUT2D eigenvalue weighted by atomic mass is 9.82. The SMILES string of the molecule is C[C@H]1[C@H]([Si](C)(C)F)[C@@H](CC(=O)N(CCO)Cc2ccccc2)O[C@]12C(=O)N(C)c1ccc(N3CCNCC3=O)cc12. The normalized spacial score (nSPS) is 26.1. The first-order chi connectivity index (χ1) is 19.5. The lowest BCUT2D eigenvalue weighted by Gasteiger charge is -2.32. The third-order valence-corrected chi connectivity index (χ3v) is 11.2. The Hall–Kier alpha value is -3.12. The number of anilines is 2. The average molecular weight is 583 g/mol. The molecule has 0 bridgehead atoms. The summed E-state index contributed by atoms with van der Waals surface area (Å²) in [6.07, 6.45) is -0.930. The second-order valence-electron chi connectivity index (χ2n) is 11.8. The molecule has 4 atom stereocenters. The Bertz CT molecular complexity index is 1320. The van der Waals surface area contributed by atoms with Gasteiger partial charge in [0.05, 0.1) is 31.4 Å². The van der Waals surface area contributed by atoms with Crippen LogP contribution in [0.3, 0.4) is 0 Å². The van der Waals surface area contributed by atoms with Crippen LogP contribution < -0.4 is 15.1 Å². The second-order valence-corrected chi connectivity index (χ2v) is 15.6. The van der Waals surface area contributed by atoms with Crippen LogP contribution in [0.2, 0.25) is 18.6 Å². The highest BCUT2D eigenvalue weighted by Gasteiger charge is 2.66. The zero-order valence-electron chi connectivity index (χ0n) is 24.1. The number of aliphatic hydroxyl groups is 1. The van der Waals surface area contributed by atoms with Gasteiger partial charge in [0, 0.05) is 55.9 Å². The van der Waals surface area contributed by atoms with Gasteiger partial charge in [-0.3, -0.25) is 14.4 Å². The van der Waals surface area contributed by atoms with Gasteiger partial charge in [0.25, 0.3) is 5.91 Å². The van der Waals surface area contributed by atoms with Crippen molar-refractivity contribution >= 4 is 37.5 Å². The molecular formula is C30H39FN4O5Si. The first-order valence-electron chi connectivity index (χ1n) is 14.2. The standard InChI is InChI=1S/C30H39FN4O5Si/c1-20-28(41(3,4)31)25(17-26(37)34(14-15-36)19-21-8-6-5-7-9-21)40-30(20)23-16-22(35-13-12-32-18-27(35)38)10-11-24(23)33(2)29(30)39/h5-11,16,20,25,28,32,36H,12-15,17-19H2,1-4H3/t20-,25+,28-,30+/m0/s1. The van der Waals surface area contributed by atoms with Gasteiger partial charge in [-0.15, -0.1) is 0 Å². The summed E-state index contributed by atoms with van der Waals surface area (Å²) in [6.45, 7) is 6.67. The highest BCUT2D eigenvalue weighted by atomic mass is 28.4. The number of likely N-dealkylation sites (N-methyl/N-ethyl adjacent to an activating group) is 1. The summed E-state index contributed by atoms with van der Waals surface area (Å²) in [5.74, 6) is -1.17. The van der Waals surface area contributed by atoms with Gasteiger partial charge in [0.2, 0.25) is 20.2 Å². The van der Waals surface area contributed by atoms with Crippen molar-refractivity contribution < 1.29 is 28.3 Å². The molecule has 9 nitrogen and oxygen atoms in total. The summed E-state index contributed by atoms with van der Waals surface area (Å²) in [6, 6.07) is 15.0. The van der Waals surface area contributed by atoms with E-state index in [1.807, 2.05) is 55.5 Å². The Balaban J connectivity index is 1.50. The molecule has 2 saturated heterocycles. The summed E-state index contributed by atoms with van der Waals surface area (Å²) in [5, 5.41) is 12.7. The molecule has 3 aliphatic heterocycles. The van der Waals surface area contributed by atoms with Gasteiger partial charge >= 0.3 is 0 Å². The van der Waals surface area contributed by atoms with Gasteiger partial charge in [-0.2, -0.15) is 0 Å². The van der Waals surface area contributed by atoms with Gasteiger partial charge in [-0.1, -0.05) is 37.3 Å². The average Bonchev–Trinajstić information content (AvgIpc) is 3.35. The second kappa shape index (κ2) is 11.3. The van der Waals surface area contributed by atoms with Crippen molar-refractivity contribution in [2.45, 2.75) is 50.2 Å². The van der Waals surface area contributed by atoms with E-state index < -0.39 is 31.6 Å². The smallest absolute Gasteiger partial charge is 0.264 e. The van der Waals surface area contributed by atoms with Crippen molar-refractivity contribution in [2.24, 2.45) is 5.92 Å². The Labute approximate surface area is 241 Å². The van der Waals surface area contributed by atoms with Crippen LogP contribution in [0.25, 0.3) is 0 Å². The number of amides is 3. The predicted octanol–water partition coefficient (Wildman–Crippen LogP) is 2.79. The van der Waals surface area contributed by atoms with Crippen LogP contribution in [0.1, 0.15) is 24.5 Å². The molecule has 3 amide bonds. The molecule has 11 heteroatoms. The Morgan fingerprint density at radius 1 is 1.22 bits per heavy atom. The monoisotopic (exact) mass is 582 g/mol. The summed E-state index contributed by atoms with van der Waals surface area (Å²) in [4.78, 5) is 45.1. The van der Waals surface area contributed by atoms with E-state index in [1.54, 1.807) is 29.9 Å². The first-order valence-corrected chi connectivity index (χ1v) is 17.2. The van der Waals surface area contributed by atoms with E-state index in [9.17, 15) is 19.5 Å². The van der Waals surface area contributed by atoms with E-state index in [0.717, 1.165) is 5.56 Å². The van der Waals surface area contributed by atoms with Crippen LogP contribution in [-0.2, 0) is 31.3 Å². The molecule has 41 heavy (non-hydrogen) atoms. The minimum atomic E-state index is -3.46. The number of hydrogen-bond donors (Lipinski definition) is 2. The number of fused-ring (bicyclic) bond motifs is 2. The maximum Gasteiger partial charge on any atom is 0.264 e.